The third-order valence-corrected chi connectivity index (χ3v) is 3.85. The second-order valence-corrected chi connectivity index (χ2v) is 5.30. The molecule has 0 amide bonds. The van der Waals surface area contributed by atoms with Gasteiger partial charge in [0.05, 0.1) is 0 Å². The lowest BCUT2D eigenvalue weighted by Gasteiger charge is -2.34. The minimum Gasteiger partial charge on any atom is -0.301 e. The summed E-state index contributed by atoms with van der Waals surface area (Å²) in [5.41, 5.74) is 1.47. The first-order chi connectivity index (χ1) is 9.38. The molecule has 0 atom stereocenters. The number of hydrogen-bond donors (Lipinski definition) is 0. The lowest BCUT2D eigenvalue weighted by Crippen LogP contribution is -2.46. The predicted molar refractivity (Wildman–Crippen MR) is 82.5 cm³/mol. The van der Waals surface area contributed by atoms with Gasteiger partial charge in [-0.3, -0.25) is 4.90 Å². The van der Waals surface area contributed by atoms with Crippen molar-refractivity contribution in [3.05, 3.63) is 48.0 Å². The van der Waals surface area contributed by atoms with Gasteiger partial charge in [-0.05, 0) is 31.9 Å². The summed E-state index contributed by atoms with van der Waals surface area (Å²) in [6.45, 7) is 9.35. The van der Waals surface area contributed by atoms with Crippen LogP contribution in [0.15, 0.2) is 42.5 Å². The van der Waals surface area contributed by atoms with Crippen LogP contribution in [0, 0.1) is 0 Å². The van der Waals surface area contributed by atoms with Crippen LogP contribution in [0.25, 0.3) is 0 Å². The summed E-state index contributed by atoms with van der Waals surface area (Å²) < 4.78 is 0. The van der Waals surface area contributed by atoms with Crippen LogP contribution in [0.2, 0.25) is 0 Å². The maximum atomic E-state index is 2.61. The molecule has 0 N–H and O–H groups in total. The summed E-state index contributed by atoms with van der Waals surface area (Å²) in [5, 5.41) is 0. The van der Waals surface area contributed by atoms with Gasteiger partial charge in [0.1, 0.15) is 0 Å². The van der Waals surface area contributed by atoms with Crippen LogP contribution in [0.3, 0.4) is 0 Å². The van der Waals surface area contributed by atoms with E-state index in [1.165, 1.54) is 51.1 Å². The lowest BCUT2D eigenvalue weighted by atomic mass is 10.1. The fraction of sp³-hybridized carbons (Fsp3) is 0.529. The van der Waals surface area contributed by atoms with E-state index in [9.17, 15) is 0 Å². The molecule has 104 valence electrons. The van der Waals surface area contributed by atoms with Gasteiger partial charge in [0.2, 0.25) is 0 Å². The Morgan fingerprint density at radius 3 is 2.37 bits per heavy atom. The molecule has 0 saturated carbocycles. The van der Waals surface area contributed by atoms with Crippen molar-refractivity contribution < 1.29 is 0 Å². The quantitative estimate of drug-likeness (QED) is 0.724. The van der Waals surface area contributed by atoms with Crippen molar-refractivity contribution in [2.45, 2.75) is 19.8 Å². The van der Waals surface area contributed by atoms with Crippen molar-refractivity contribution >= 4 is 0 Å². The lowest BCUT2D eigenvalue weighted by molar-refractivity contribution is 0.141. The fourth-order valence-corrected chi connectivity index (χ4v) is 2.60. The Bertz CT molecular complexity index is 364. The number of aryl methyl sites for hydroxylation is 1. The number of hydrogen-bond acceptors (Lipinski definition) is 2. The highest BCUT2D eigenvalue weighted by Crippen LogP contribution is 2.06. The van der Waals surface area contributed by atoms with E-state index < -0.39 is 0 Å². The second-order valence-electron chi connectivity index (χ2n) is 5.30. The molecule has 0 spiro atoms. The van der Waals surface area contributed by atoms with E-state index in [1.54, 1.807) is 0 Å². The molecule has 0 bridgehead atoms. The summed E-state index contributed by atoms with van der Waals surface area (Å²) in [4.78, 5) is 5.14. The Balaban J connectivity index is 1.61. The molecule has 0 radical (unpaired) electrons. The van der Waals surface area contributed by atoms with Crippen LogP contribution >= 0.6 is 0 Å². The molecule has 2 rings (SSSR count). The summed E-state index contributed by atoms with van der Waals surface area (Å²) in [6.07, 6.45) is 6.88. The van der Waals surface area contributed by atoms with Crippen molar-refractivity contribution in [1.29, 1.82) is 0 Å². The number of rotatable bonds is 6. The number of benzene rings is 1. The summed E-state index contributed by atoms with van der Waals surface area (Å²) >= 11 is 0. The molecule has 1 aromatic rings. The van der Waals surface area contributed by atoms with Gasteiger partial charge in [-0.2, -0.15) is 0 Å². The van der Waals surface area contributed by atoms with Crippen molar-refractivity contribution in [2.24, 2.45) is 0 Å². The van der Waals surface area contributed by atoms with Crippen LogP contribution in [-0.2, 0) is 6.42 Å². The molecule has 0 aliphatic carbocycles. The third kappa shape index (κ3) is 5.17. The minimum atomic E-state index is 1.12. The van der Waals surface area contributed by atoms with Crippen LogP contribution in [0.4, 0.5) is 0 Å². The zero-order valence-corrected chi connectivity index (χ0v) is 12.1. The zero-order valence-electron chi connectivity index (χ0n) is 12.1. The summed E-state index contributed by atoms with van der Waals surface area (Å²) in [5.74, 6) is 0. The molecular formula is C17H26N2. The highest BCUT2D eigenvalue weighted by Gasteiger charge is 2.14. The highest BCUT2D eigenvalue weighted by molar-refractivity contribution is 5.14. The van der Waals surface area contributed by atoms with Gasteiger partial charge < -0.3 is 4.90 Å². The van der Waals surface area contributed by atoms with Gasteiger partial charge in [-0.1, -0.05) is 42.5 Å². The van der Waals surface area contributed by atoms with Crippen LogP contribution in [0.5, 0.6) is 0 Å². The zero-order chi connectivity index (χ0) is 13.3. The molecule has 1 fully saturated rings. The number of allylic oxidation sites excluding steroid dienone is 1. The predicted octanol–water partition coefficient (Wildman–Crippen LogP) is 2.81. The normalized spacial score (nSPS) is 18.2. The maximum absolute atomic E-state index is 2.61. The first-order valence-electron chi connectivity index (χ1n) is 7.48. The van der Waals surface area contributed by atoms with Crippen molar-refractivity contribution in [3.8, 4) is 0 Å². The Morgan fingerprint density at radius 2 is 1.68 bits per heavy atom. The first-order valence-corrected chi connectivity index (χ1v) is 7.48. The number of nitrogens with zero attached hydrogens (tertiary/aromatic N) is 2. The molecule has 19 heavy (non-hydrogen) atoms. The molecule has 0 aromatic heterocycles. The highest BCUT2D eigenvalue weighted by atomic mass is 15.3. The Kier molecular flexibility index (Phi) is 6.12. The molecule has 1 saturated heterocycles. The molecule has 1 heterocycles. The van der Waals surface area contributed by atoms with E-state index >= 15 is 0 Å². The van der Waals surface area contributed by atoms with Crippen LogP contribution < -0.4 is 0 Å². The van der Waals surface area contributed by atoms with E-state index in [0.29, 0.717) is 0 Å². The second kappa shape index (κ2) is 8.13. The summed E-state index contributed by atoms with van der Waals surface area (Å²) in [7, 11) is 0. The molecule has 0 unspecified atom stereocenters. The van der Waals surface area contributed by atoms with Crippen molar-refractivity contribution in [3.63, 3.8) is 0 Å². The van der Waals surface area contributed by atoms with E-state index in [1.807, 2.05) is 0 Å². The standard InChI is InChI=1S/C17H26N2/c1-2-3-11-18-13-15-19(16-14-18)12-7-10-17-8-5-4-6-9-17/h2-6,8-9H,7,10-16H2,1H3/b3-2+. The van der Waals surface area contributed by atoms with Crippen LogP contribution in [0.1, 0.15) is 18.9 Å². The minimum absolute atomic E-state index is 1.12. The summed E-state index contributed by atoms with van der Waals surface area (Å²) in [6, 6.07) is 10.8. The molecule has 2 nitrogen and oxygen atoms in total. The van der Waals surface area contributed by atoms with Gasteiger partial charge in [0, 0.05) is 32.7 Å². The molecular weight excluding hydrogens is 232 g/mol. The average molecular weight is 258 g/mol. The van der Waals surface area contributed by atoms with Crippen molar-refractivity contribution in [2.75, 3.05) is 39.3 Å². The van der Waals surface area contributed by atoms with E-state index in [4.69, 9.17) is 0 Å². The van der Waals surface area contributed by atoms with Gasteiger partial charge in [-0.15, -0.1) is 0 Å². The monoisotopic (exact) mass is 258 g/mol. The largest absolute Gasteiger partial charge is 0.301 e. The van der Waals surface area contributed by atoms with E-state index in [0.717, 1.165) is 6.54 Å². The molecule has 1 aromatic carbocycles. The van der Waals surface area contributed by atoms with Crippen molar-refractivity contribution in [1.82, 2.24) is 9.80 Å². The third-order valence-electron chi connectivity index (χ3n) is 3.85. The van der Waals surface area contributed by atoms with E-state index in [2.05, 4.69) is 59.2 Å². The maximum Gasteiger partial charge on any atom is 0.0164 e. The Labute approximate surface area is 117 Å². The smallest absolute Gasteiger partial charge is 0.0164 e. The molecule has 1 aliphatic heterocycles. The average Bonchev–Trinajstić information content (AvgIpc) is 2.47. The first kappa shape index (κ1) is 14.3. The molecule has 2 heteroatoms. The number of piperazine rings is 1. The SMILES string of the molecule is C/C=C/CN1CCN(CCCc2ccccc2)CC1. The van der Waals surface area contributed by atoms with Gasteiger partial charge in [0.15, 0.2) is 0 Å². The fourth-order valence-electron chi connectivity index (χ4n) is 2.60. The van der Waals surface area contributed by atoms with Gasteiger partial charge >= 0.3 is 0 Å². The molecule has 1 aliphatic rings. The van der Waals surface area contributed by atoms with Crippen LogP contribution in [-0.4, -0.2) is 49.1 Å². The Hall–Kier alpha value is -1.12. The Morgan fingerprint density at radius 1 is 1.00 bits per heavy atom. The topological polar surface area (TPSA) is 6.48 Å². The van der Waals surface area contributed by atoms with Gasteiger partial charge in [0.25, 0.3) is 0 Å². The van der Waals surface area contributed by atoms with E-state index in [-0.39, 0.29) is 0 Å². The van der Waals surface area contributed by atoms with Gasteiger partial charge in [-0.25, -0.2) is 0 Å².